The van der Waals surface area contributed by atoms with Crippen LogP contribution in [0, 0.1) is 13.8 Å². The molecule has 94 valence electrons. The first-order valence-electron chi connectivity index (χ1n) is 6.20. The molecule has 0 aliphatic rings. The monoisotopic (exact) mass is 240 g/mol. The molecular weight excluding hydrogens is 220 g/mol. The van der Waals surface area contributed by atoms with Crippen LogP contribution in [0.1, 0.15) is 11.1 Å². The van der Waals surface area contributed by atoms with Crippen molar-refractivity contribution in [3.8, 4) is 0 Å². The van der Waals surface area contributed by atoms with Crippen LogP contribution in [-0.2, 0) is 0 Å². The number of aryl methyl sites for hydroxylation is 2. The van der Waals surface area contributed by atoms with Crippen molar-refractivity contribution in [1.29, 1.82) is 0 Å². The van der Waals surface area contributed by atoms with Crippen LogP contribution in [0.15, 0.2) is 42.5 Å². The van der Waals surface area contributed by atoms with Gasteiger partial charge >= 0.3 is 0 Å². The molecule has 0 spiro atoms. The standard InChI is InChI=1S/C16H20N2/c1-12-8-9-13(2)16(10-12)18(4)15-7-5-6-14(11-15)17-3/h5-11,17H,1-4H3. The second-order valence-corrected chi connectivity index (χ2v) is 4.65. The molecule has 0 saturated heterocycles. The van der Waals surface area contributed by atoms with Crippen LogP contribution >= 0.6 is 0 Å². The molecule has 2 aromatic rings. The molecule has 2 heteroatoms. The van der Waals surface area contributed by atoms with Crippen molar-refractivity contribution in [2.45, 2.75) is 13.8 Å². The average molecular weight is 240 g/mol. The van der Waals surface area contributed by atoms with E-state index in [1.807, 2.05) is 7.05 Å². The zero-order valence-corrected chi connectivity index (χ0v) is 11.5. The van der Waals surface area contributed by atoms with Crippen LogP contribution in [-0.4, -0.2) is 14.1 Å². The van der Waals surface area contributed by atoms with E-state index in [9.17, 15) is 0 Å². The third kappa shape index (κ3) is 2.48. The molecule has 0 radical (unpaired) electrons. The van der Waals surface area contributed by atoms with Crippen molar-refractivity contribution in [1.82, 2.24) is 0 Å². The molecule has 0 amide bonds. The summed E-state index contributed by atoms with van der Waals surface area (Å²) in [6, 6.07) is 15.0. The molecule has 0 aromatic heterocycles. The topological polar surface area (TPSA) is 15.3 Å². The van der Waals surface area contributed by atoms with E-state index in [0.717, 1.165) is 5.69 Å². The molecule has 0 aliphatic carbocycles. The van der Waals surface area contributed by atoms with Gasteiger partial charge in [-0.15, -0.1) is 0 Å². The summed E-state index contributed by atoms with van der Waals surface area (Å²) in [6.07, 6.45) is 0. The van der Waals surface area contributed by atoms with Gasteiger partial charge in [0.15, 0.2) is 0 Å². The fourth-order valence-electron chi connectivity index (χ4n) is 2.09. The van der Waals surface area contributed by atoms with E-state index in [1.54, 1.807) is 0 Å². The van der Waals surface area contributed by atoms with E-state index in [4.69, 9.17) is 0 Å². The summed E-state index contributed by atoms with van der Waals surface area (Å²) < 4.78 is 0. The summed E-state index contributed by atoms with van der Waals surface area (Å²) in [5.74, 6) is 0. The van der Waals surface area contributed by atoms with Gasteiger partial charge in [-0.3, -0.25) is 0 Å². The lowest BCUT2D eigenvalue weighted by molar-refractivity contribution is 1.18. The van der Waals surface area contributed by atoms with Crippen LogP contribution in [0.4, 0.5) is 17.1 Å². The average Bonchev–Trinajstić information content (AvgIpc) is 2.41. The van der Waals surface area contributed by atoms with Gasteiger partial charge in [-0.25, -0.2) is 0 Å². The Bertz CT molecular complexity index is 547. The van der Waals surface area contributed by atoms with Crippen molar-refractivity contribution < 1.29 is 0 Å². The maximum atomic E-state index is 3.17. The molecule has 1 N–H and O–H groups in total. The maximum absolute atomic E-state index is 3.17. The number of hydrogen-bond acceptors (Lipinski definition) is 2. The highest BCUT2D eigenvalue weighted by atomic mass is 15.1. The summed E-state index contributed by atoms with van der Waals surface area (Å²) in [4.78, 5) is 2.23. The summed E-state index contributed by atoms with van der Waals surface area (Å²) in [5.41, 5.74) is 6.15. The van der Waals surface area contributed by atoms with Crippen molar-refractivity contribution in [3.63, 3.8) is 0 Å². The van der Waals surface area contributed by atoms with Gasteiger partial charge in [0, 0.05) is 31.2 Å². The van der Waals surface area contributed by atoms with E-state index >= 15 is 0 Å². The van der Waals surface area contributed by atoms with Gasteiger partial charge in [-0.2, -0.15) is 0 Å². The summed E-state index contributed by atoms with van der Waals surface area (Å²) in [5, 5.41) is 3.17. The minimum atomic E-state index is 1.13. The van der Waals surface area contributed by atoms with Gasteiger partial charge in [0.1, 0.15) is 0 Å². The van der Waals surface area contributed by atoms with E-state index in [-0.39, 0.29) is 0 Å². The molecule has 0 unspecified atom stereocenters. The molecular formula is C16H20N2. The van der Waals surface area contributed by atoms with Gasteiger partial charge in [0.05, 0.1) is 0 Å². The Kier molecular flexibility index (Phi) is 3.56. The van der Waals surface area contributed by atoms with Gasteiger partial charge in [0.25, 0.3) is 0 Å². The summed E-state index contributed by atoms with van der Waals surface area (Å²) in [7, 11) is 4.05. The zero-order chi connectivity index (χ0) is 13.1. The Morgan fingerprint density at radius 3 is 2.50 bits per heavy atom. The fraction of sp³-hybridized carbons (Fsp3) is 0.250. The van der Waals surface area contributed by atoms with Crippen molar-refractivity contribution in [3.05, 3.63) is 53.6 Å². The highest BCUT2D eigenvalue weighted by Crippen LogP contribution is 2.29. The summed E-state index contributed by atoms with van der Waals surface area (Å²) >= 11 is 0. The van der Waals surface area contributed by atoms with Crippen molar-refractivity contribution in [2.75, 3.05) is 24.3 Å². The van der Waals surface area contributed by atoms with E-state index < -0.39 is 0 Å². The molecule has 0 heterocycles. The van der Waals surface area contributed by atoms with Gasteiger partial charge in [-0.05, 0) is 49.2 Å². The lowest BCUT2D eigenvalue weighted by atomic mass is 10.1. The van der Waals surface area contributed by atoms with Crippen LogP contribution in [0.2, 0.25) is 0 Å². The normalized spacial score (nSPS) is 10.2. The molecule has 2 nitrogen and oxygen atoms in total. The molecule has 0 aliphatic heterocycles. The number of rotatable bonds is 3. The lowest BCUT2D eigenvalue weighted by Gasteiger charge is -2.22. The molecule has 0 saturated carbocycles. The molecule has 0 bridgehead atoms. The largest absolute Gasteiger partial charge is 0.388 e. The van der Waals surface area contributed by atoms with E-state index in [0.29, 0.717) is 0 Å². The molecule has 2 aromatic carbocycles. The van der Waals surface area contributed by atoms with Crippen LogP contribution in [0.25, 0.3) is 0 Å². The molecule has 0 fully saturated rings. The highest BCUT2D eigenvalue weighted by Gasteiger charge is 2.07. The number of nitrogens with zero attached hydrogens (tertiary/aromatic N) is 1. The second-order valence-electron chi connectivity index (χ2n) is 4.65. The van der Waals surface area contributed by atoms with E-state index in [2.05, 4.69) is 73.6 Å². The minimum absolute atomic E-state index is 1.13. The Hall–Kier alpha value is -1.96. The Morgan fingerprint density at radius 2 is 1.78 bits per heavy atom. The first-order chi connectivity index (χ1) is 8.61. The molecule has 2 rings (SSSR count). The SMILES string of the molecule is CNc1cccc(N(C)c2cc(C)ccc2C)c1. The number of nitrogens with one attached hydrogen (secondary N) is 1. The van der Waals surface area contributed by atoms with Crippen molar-refractivity contribution in [2.24, 2.45) is 0 Å². The molecule has 0 atom stereocenters. The number of anilines is 3. The lowest BCUT2D eigenvalue weighted by Crippen LogP contribution is -2.11. The predicted molar refractivity (Wildman–Crippen MR) is 80.0 cm³/mol. The molecule has 18 heavy (non-hydrogen) atoms. The third-order valence-corrected chi connectivity index (χ3v) is 3.25. The third-order valence-electron chi connectivity index (χ3n) is 3.25. The maximum Gasteiger partial charge on any atom is 0.0440 e. The zero-order valence-electron chi connectivity index (χ0n) is 11.5. The van der Waals surface area contributed by atoms with Crippen LogP contribution in [0.3, 0.4) is 0 Å². The van der Waals surface area contributed by atoms with Gasteiger partial charge in [-0.1, -0.05) is 18.2 Å². The van der Waals surface area contributed by atoms with Gasteiger partial charge < -0.3 is 10.2 Å². The Balaban J connectivity index is 2.40. The Morgan fingerprint density at radius 1 is 1.00 bits per heavy atom. The highest BCUT2D eigenvalue weighted by molar-refractivity contribution is 5.69. The van der Waals surface area contributed by atoms with Crippen molar-refractivity contribution >= 4 is 17.1 Å². The van der Waals surface area contributed by atoms with E-state index in [1.165, 1.54) is 22.5 Å². The quantitative estimate of drug-likeness (QED) is 0.868. The fourth-order valence-corrected chi connectivity index (χ4v) is 2.09. The first kappa shape index (κ1) is 12.5. The van der Waals surface area contributed by atoms with Gasteiger partial charge in [0.2, 0.25) is 0 Å². The Labute approximate surface area is 109 Å². The second kappa shape index (κ2) is 5.13. The number of benzene rings is 2. The summed E-state index contributed by atoms with van der Waals surface area (Å²) in [6.45, 7) is 4.27. The first-order valence-corrected chi connectivity index (χ1v) is 6.20. The smallest absolute Gasteiger partial charge is 0.0440 e. The minimum Gasteiger partial charge on any atom is -0.388 e. The van der Waals surface area contributed by atoms with Crippen LogP contribution < -0.4 is 10.2 Å². The predicted octanol–water partition coefficient (Wildman–Crippen LogP) is 4.11. The number of hydrogen-bond donors (Lipinski definition) is 1. The van der Waals surface area contributed by atoms with Crippen LogP contribution in [0.5, 0.6) is 0 Å².